The van der Waals surface area contributed by atoms with Crippen LogP contribution in [0.25, 0.3) is 0 Å². The number of rotatable bonds is 11. The summed E-state index contributed by atoms with van der Waals surface area (Å²) in [4.78, 5) is 12.0. The van der Waals surface area contributed by atoms with E-state index < -0.39 is 67.0 Å². The smallest absolute Gasteiger partial charge is 0.402 e. The van der Waals surface area contributed by atoms with E-state index in [1.165, 1.54) is 0 Å². The lowest BCUT2D eigenvalue weighted by molar-refractivity contribution is -0.122. The van der Waals surface area contributed by atoms with Gasteiger partial charge in [-0.25, -0.2) is 26.6 Å². The van der Waals surface area contributed by atoms with Gasteiger partial charge in [-0.15, -0.1) is 17.5 Å². The van der Waals surface area contributed by atoms with Crippen molar-refractivity contribution in [2.24, 2.45) is 5.73 Å². The number of carbonyl (C=O) groups excluding carboxylic acids is 1. The van der Waals surface area contributed by atoms with Crippen LogP contribution in [0.3, 0.4) is 0 Å². The summed E-state index contributed by atoms with van der Waals surface area (Å²) in [6.07, 6.45) is 1.32. The van der Waals surface area contributed by atoms with E-state index in [1.54, 1.807) is 0 Å². The summed E-state index contributed by atoms with van der Waals surface area (Å²) in [5, 5.41) is 29.8. The molecule has 0 aliphatic carbocycles. The highest BCUT2D eigenvalue weighted by Crippen LogP contribution is 2.22. The van der Waals surface area contributed by atoms with Crippen molar-refractivity contribution in [3.63, 3.8) is 0 Å². The number of hydrogen-bond acceptors (Lipinski definition) is 8. The predicted octanol–water partition coefficient (Wildman–Crippen LogP) is 0.263. The molecule has 2 rings (SSSR count). The molecule has 0 saturated heterocycles. The van der Waals surface area contributed by atoms with Crippen molar-refractivity contribution >= 4 is 25.6 Å². The molecule has 1 unspecified atom stereocenters. The standard InChI is InChI=1S/C15H18BF5N6O4.ClH/c17-10-7(11(18)13(20)14(21)12(10)19)5-23-9(28)6-27-15(24-25-26-27)8(22)3-1-2-4-31-16(29)30;/h8,29-30H,1-6,22H2,(H,23,28);1H. The Hall–Kier alpha value is -2.40. The normalized spacial score (nSPS) is 11.8. The third kappa shape index (κ3) is 7.06. The summed E-state index contributed by atoms with van der Waals surface area (Å²) in [7, 11) is -1.87. The Morgan fingerprint density at radius 3 is 2.28 bits per heavy atom. The highest BCUT2D eigenvalue weighted by atomic mass is 35.5. The van der Waals surface area contributed by atoms with Gasteiger partial charge in [0.1, 0.15) is 6.54 Å². The summed E-state index contributed by atoms with van der Waals surface area (Å²) < 4.78 is 72.4. The summed E-state index contributed by atoms with van der Waals surface area (Å²) in [5.74, 6) is -11.4. The molecule has 1 atom stereocenters. The fourth-order valence-electron chi connectivity index (χ4n) is 2.56. The fourth-order valence-corrected chi connectivity index (χ4v) is 2.56. The minimum Gasteiger partial charge on any atom is -0.402 e. The van der Waals surface area contributed by atoms with E-state index in [2.05, 4.69) is 20.2 Å². The maximum absolute atomic E-state index is 13.7. The van der Waals surface area contributed by atoms with Crippen LogP contribution in [0.5, 0.6) is 0 Å². The summed E-state index contributed by atoms with van der Waals surface area (Å²) in [6, 6.07) is -0.697. The van der Waals surface area contributed by atoms with Crippen molar-refractivity contribution in [2.45, 2.75) is 38.4 Å². The van der Waals surface area contributed by atoms with Crippen LogP contribution in [0.2, 0.25) is 0 Å². The van der Waals surface area contributed by atoms with Gasteiger partial charge in [0.25, 0.3) is 0 Å². The number of halogens is 6. The molecule has 0 radical (unpaired) electrons. The number of benzene rings is 1. The lowest BCUT2D eigenvalue weighted by atomic mass is 10.1. The lowest BCUT2D eigenvalue weighted by Crippen LogP contribution is -2.30. The molecular formula is C15H19BClF5N6O4. The lowest BCUT2D eigenvalue weighted by Gasteiger charge is -2.12. The number of unbranched alkanes of at least 4 members (excludes halogenated alkanes) is 1. The largest absolute Gasteiger partial charge is 0.633 e. The van der Waals surface area contributed by atoms with Gasteiger partial charge in [0.2, 0.25) is 11.7 Å². The van der Waals surface area contributed by atoms with Crippen molar-refractivity contribution in [3.05, 3.63) is 40.5 Å². The molecule has 1 aromatic heterocycles. The molecule has 17 heteroatoms. The van der Waals surface area contributed by atoms with E-state index in [9.17, 15) is 26.7 Å². The Morgan fingerprint density at radius 2 is 1.69 bits per heavy atom. The first-order chi connectivity index (χ1) is 14.6. The fraction of sp³-hybridized carbons (Fsp3) is 0.467. The SMILES string of the molecule is Cl.NC(CCCCOB(O)O)c1nnnn1CC(=O)NCc1c(F)c(F)c(F)c(F)c1F. The van der Waals surface area contributed by atoms with Gasteiger partial charge in [0.05, 0.1) is 6.04 Å². The van der Waals surface area contributed by atoms with Gasteiger partial charge in [-0.2, -0.15) is 0 Å². The minimum absolute atomic E-state index is 0. The first kappa shape index (κ1) is 27.6. The van der Waals surface area contributed by atoms with Crippen LogP contribution in [-0.4, -0.2) is 50.1 Å². The Kier molecular flexibility index (Phi) is 10.9. The minimum atomic E-state index is -2.29. The van der Waals surface area contributed by atoms with Crippen LogP contribution in [0.15, 0.2) is 0 Å². The number of tetrazole rings is 1. The van der Waals surface area contributed by atoms with Crippen molar-refractivity contribution in [2.75, 3.05) is 6.61 Å². The van der Waals surface area contributed by atoms with Gasteiger partial charge in [0, 0.05) is 18.7 Å². The molecule has 10 nitrogen and oxygen atoms in total. The first-order valence-electron chi connectivity index (χ1n) is 8.89. The first-order valence-corrected chi connectivity index (χ1v) is 8.89. The maximum atomic E-state index is 13.7. The summed E-state index contributed by atoms with van der Waals surface area (Å²) in [6.45, 7) is -1.40. The molecule has 5 N–H and O–H groups in total. The zero-order valence-electron chi connectivity index (χ0n) is 16.3. The second-order valence-corrected chi connectivity index (χ2v) is 6.32. The zero-order chi connectivity index (χ0) is 23.1. The zero-order valence-corrected chi connectivity index (χ0v) is 17.1. The molecule has 32 heavy (non-hydrogen) atoms. The number of nitrogens with two attached hydrogens (primary N) is 1. The van der Waals surface area contributed by atoms with Gasteiger partial charge < -0.3 is 25.8 Å². The van der Waals surface area contributed by atoms with Crippen LogP contribution in [0.4, 0.5) is 22.0 Å². The van der Waals surface area contributed by atoms with Gasteiger partial charge in [0.15, 0.2) is 29.1 Å². The van der Waals surface area contributed by atoms with Crippen molar-refractivity contribution in [3.8, 4) is 0 Å². The van der Waals surface area contributed by atoms with E-state index in [-0.39, 0.29) is 24.8 Å². The highest BCUT2D eigenvalue weighted by molar-refractivity contribution is 6.32. The molecule has 0 spiro atoms. The highest BCUT2D eigenvalue weighted by Gasteiger charge is 2.26. The molecule has 1 amide bonds. The molecule has 0 saturated carbocycles. The van der Waals surface area contributed by atoms with E-state index in [1.807, 2.05) is 5.32 Å². The molecule has 2 aromatic rings. The second-order valence-electron chi connectivity index (χ2n) is 6.32. The number of hydrogen-bond donors (Lipinski definition) is 4. The number of carbonyl (C=O) groups is 1. The Morgan fingerprint density at radius 1 is 1.09 bits per heavy atom. The number of amides is 1. The van der Waals surface area contributed by atoms with Crippen LogP contribution >= 0.6 is 12.4 Å². The Balaban J connectivity index is 0.00000512. The quantitative estimate of drug-likeness (QED) is 0.116. The number of aromatic nitrogens is 4. The maximum Gasteiger partial charge on any atom is 0.633 e. The average molecular weight is 489 g/mol. The topological polar surface area (TPSA) is 148 Å². The van der Waals surface area contributed by atoms with Gasteiger partial charge >= 0.3 is 7.32 Å². The van der Waals surface area contributed by atoms with Gasteiger partial charge in [-0.1, -0.05) is 0 Å². The Bertz CT molecular complexity index is 896. The number of nitrogens with one attached hydrogen (secondary N) is 1. The number of nitrogens with zero attached hydrogens (tertiary/aromatic N) is 4. The monoisotopic (exact) mass is 488 g/mol. The molecule has 1 heterocycles. The second kappa shape index (κ2) is 12.6. The van der Waals surface area contributed by atoms with E-state index >= 15 is 0 Å². The molecule has 0 aliphatic heterocycles. The molecule has 1 aromatic carbocycles. The van der Waals surface area contributed by atoms with Crippen LogP contribution in [0, 0.1) is 29.1 Å². The average Bonchev–Trinajstić information content (AvgIpc) is 3.18. The van der Waals surface area contributed by atoms with Crippen molar-refractivity contribution in [1.82, 2.24) is 25.5 Å². The van der Waals surface area contributed by atoms with E-state index in [4.69, 9.17) is 15.8 Å². The van der Waals surface area contributed by atoms with Crippen LogP contribution in [-0.2, 0) is 22.5 Å². The predicted molar refractivity (Wildman–Crippen MR) is 100 cm³/mol. The third-order valence-corrected chi connectivity index (χ3v) is 4.12. The van der Waals surface area contributed by atoms with Crippen LogP contribution in [0.1, 0.15) is 36.7 Å². The Labute approximate surface area is 184 Å². The van der Waals surface area contributed by atoms with E-state index in [0.29, 0.717) is 19.3 Å². The van der Waals surface area contributed by atoms with Crippen molar-refractivity contribution < 1.29 is 41.4 Å². The van der Waals surface area contributed by atoms with Gasteiger partial charge in [-0.05, 0) is 29.7 Å². The molecule has 0 bridgehead atoms. The van der Waals surface area contributed by atoms with Gasteiger partial charge in [-0.3, -0.25) is 4.79 Å². The van der Waals surface area contributed by atoms with E-state index in [0.717, 1.165) is 4.68 Å². The molecular weight excluding hydrogens is 469 g/mol. The van der Waals surface area contributed by atoms with Crippen molar-refractivity contribution in [1.29, 1.82) is 0 Å². The summed E-state index contributed by atoms with van der Waals surface area (Å²) >= 11 is 0. The molecule has 178 valence electrons. The van der Waals surface area contributed by atoms with Crippen LogP contribution < -0.4 is 11.1 Å². The molecule has 0 aliphatic rings. The third-order valence-electron chi connectivity index (χ3n) is 4.12. The molecule has 0 fully saturated rings. The summed E-state index contributed by atoms with van der Waals surface area (Å²) in [5.41, 5.74) is 4.77.